The average molecular weight is 401 g/mol. The van der Waals surface area contributed by atoms with Gasteiger partial charge >= 0.3 is 6.18 Å². The van der Waals surface area contributed by atoms with Crippen molar-refractivity contribution >= 4 is 11.7 Å². The summed E-state index contributed by atoms with van der Waals surface area (Å²) in [7, 11) is 0. The van der Waals surface area contributed by atoms with Crippen molar-refractivity contribution in [3.8, 4) is 0 Å². The number of hydrogen-bond donors (Lipinski definition) is 2. The molecule has 1 aromatic heterocycles. The predicted molar refractivity (Wildman–Crippen MR) is 101 cm³/mol. The van der Waals surface area contributed by atoms with Crippen LogP contribution in [0.1, 0.15) is 63.0 Å². The molecule has 1 unspecified atom stereocenters. The molecule has 2 N–H and O–H groups in total. The molecule has 1 amide bonds. The summed E-state index contributed by atoms with van der Waals surface area (Å²) < 4.78 is 41.2. The number of nitrogens with zero attached hydrogens (tertiary/aromatic N) is 3. The zero-order chi connectivity index (χ0) is 20.5. The normalized spacial score (nSPS) is 25.1. The molecule has 3 atom stereocenters. The minimum atomic E-state index is -4.40. The summed E-state index contributed by atoms with van der Waals surface area (Å²) in [5.74, 6) is 0.550. The van der Waals surface area contributed by atoms with E-state index in [4.69, 9.17) is 0 Å². The Morgan fingerprint density at radius 2 is 2.07 bits per heavy atom. The highest BCUT2D eigenvalue weighted by Gasteiger charge is 2.46. The molecule has 3 rings (SSSR count). The molecule has 0 radical (unpaired) electrons. The fourth-order valence-electron chi connectivity index (χ4n) is 3.96. The van der Waals surface area contributed by atoms with Crippen molar-refractivity contribution in [1.29, 1.82) is 0 Å². The SMILES string of the molecule is CC[C@@H]1C[C@H](C(F)(F)F)n2nc(C(=O)NCC(C)N3CCC(C)CC3)cc2N1. The van der Waals surface area contributed by atoms with E-state index in [-0.39, 0.29) is 30.0 Å². The second kappa shape index (κ2) is 8.31. The Morgan fingerprint density at radius 3 is 2.68 bits per heavy atom. The lowest BCUT2D eigenvalue weighted by Crippen LogP contribution is -2.45. The molecule has 2 aliphatic heterocycles. The van der Waals surface area contributed by atoms with Crippen molar-refractivity contribution in [2.24, 2.45) is 5.92 Å². The summed E-state index contributed by atoms with van der Waals surface area (Å²) in [6.07, 6.45) is -1.61. The van der Waals surface area contributed by atoms with Crippen molar-refractivity contribution in [2.45, 2.75) is 70.8 Å². The number of aromatic nitrogens is 2. The van der Waals surface area contributed by atoms with Gasteiger partial charge in [0.1, 0.15) is 5.82 Å². The molecule has 28 heavy (non-hydrogen) atoms. The number of rotatable bonds is 5. The number of halogens is 3. The summed E-state index contributed by atoms with van der Waals surface area (Å²) in [5.41, 5.74) is 0.0213. The number of amides is 1. The largest absolute Gasteiger partial charge is 0.410 e. The van der Waals surface area contributed by atoms with Crippen LogP contribution in [0.5, 0.6) is 0 Å². The maximum absolute atomic E-state index is 13.4. The first-order chi connectivity index (χ1) is 13.2. The van der Waals surface area contributed by atoms with Crippen molar-refractivity contribution in [3.63, 3.8) is 0 Å². The van der Waals surface area contributed by atoms with Crippen molar-refractivity contribution < 1.29 is 18.0 Å². The molecule has 9 heteroatoms. The smallest absolute Gasteiger partial charge is 0.367 e. The van der Waals surface area contributed by atoms with Crippen LogP contribution in [0.2, 0.25) is 0 Å². The molecule has 0 saturated carbocycles. The number of alkyl halides is 3. The van der Waals surface area contributed by atoms with Gasteiger partial charge in [0.2, 0.25) is 0 Å². The monoisotopic (exact) mass is 401 g/mol. The van der Waals surface area contributed by atoms with E-state index in [2.05, 4.69) is 34.5 Å². The summed E-state index contributed by atoms with van der Waals surface area (Å²) in [6.45, 7) is 8.60. The lowest BCUT2D eigenvalue weighted by Gasteiger charge is -2.34. The Kier molecular flexibility index (Phi) is 6.21. The van der Waals surface area contributed by atoms with Crippen LogP contribution < -0.4 is 10.6 Å². The Balaban J connectivity index is 1.64. The number of anilines is 1. The minimum absolute atomic E-state index is 0.0213. The van der Waals surface area contributed by atoms with E-state index in [1.165, 1.54) is 6.07 Å². The van der Waals surface area contributed by atoms with Gasteiger partial charge in [-0.1, -0.05) is 13.8 Å². The first-order valence-electron chi connectivity index (χ1n) is 10.1. The zero-order valence-electron chi connectivity index (χ0n) is 16.7. The molecule has 158 valence electrons. The summed E-state index contributed by atoms with van der Waals surface area (Å²) in [5, 5.41) is 9.86. The number of likely N-dealkylation sites (tertiary alicyclic amines) is 1. The molecule has 1 aromatic rings. The molecule has 0 aliphatic carbocycles. The van der Waals surface area contributed by atoms with Gasteiger partial charge in [-0.3, -0.25) is 9.69 Å². The average Bonchev–Trinajstić information content (AvgIpc) is 3.08. The maximum atomic E-state index is 13.4. The number of fused-ring (bicyclic) bond motifs is 1. The van der Waals surface area contributed by atoms with E-state index < -0.39 is 18.1 Å². The Labute approximate surface area is 163 Å². The van der Waals surface area contributed by atoms with Crippen LogP contribution >= 0.6 is 0 Å². The Morgan fingerprint density at radius 1 is 1.39 bits per heavy atom. The number of carbonyl (C=O) groups is 1. The van der Waals surface area contributed by atoms with Crippen LogP contribution in [0.15, 0.2) is 6.07 Å². The van der Waals surface area contributed by atoms with E-state index in [9.17, 15) is 18.0 Å². The summed E-state index contributed by atoms with van der Waals surface area (Å²) in [6, 6.07) is -0.389. The highest BCUT2D eigenvalue weighted by molar-refractivity contribution is 5.93. The van der Waals surface area contributed by atoms with Crippen LogP contribution in [0.25, 0.3) is 0 Å². The van der Waals surface area contributed by atoms with Gasteiger partial charge < -0.3 is 10.6 Å². The van der Waals surface area contributed by atoms with Gasteiger partial charge in [0.25, 0.3) is 5.91 Å². The number of piperidine rings is 1. The second-order valence-corrected chi connectivity index (χ2v) is 8.18. The molecule has 1 fully saturated rings. The molecule has 6 nitrogen and oxygen atoms in total. The molecule has 0 aromatic carbocycles. The fourth-order valence-corrected chi connectivity index (χ4v) is 3.96. The standard InChI is InChI=1S/C19H30F3N5O/c1-4-14-9-16(19(20,21)22)27-17(24-14)10-15(25-27)18(28)23-11-13(3)26-7-5-12(2)6-8-26/h10,12-14,16,24H,4-9,11H2,1-3H3,(H,23,28)/t13?,14-,16-/m1/s1. The van der Waals surface area contributed by atoms with Gasteiger partial charge in [-0.05, 0) is 51.6 Å². The fraction of sp³-hybridized carbons (Fsp3) is 0.789. The number of carbonyl (C=O) groups excluding carboxylic acids is 1. The first-order valence-corrected chi connectivity index (χ1v) is 10.1. The molecule has 0 bridgehead atoms. The topological polar surface area (TPSA) is 62.2 Å². The van der Waals surface area contributed by atoms with Crippen LogP contribution in [-0.2, 0) is 0 Å². The molecular weight excluding hydrogens is 371 g/mol. The van der Waals surface area contributed by atoms with Gasteiger partial charge in [-0.15, -0.1) is 0 Å². The van der Waals surface area contributed by atoms with Gasteiger partial charge in [-0.25, -0.2) is 4.68 Å². The minimum Gasteiger partial charge on any atom is -0.367 e. The number of hydrogen-bond acceptors (Lipinski definition) is 4. The van der Waals surface area contributed by atoms with E-state index in [1.807, 2.05) is 6.92 Å². The zero-order valence-corrected chi connectivity index (χ0v) is 16.7. The van der Waals surface area contributed by atoms with E-state index in [1.54, 1.807) is 0 Å². The lowest BCUT2D eigenvalue weighted by molar-refractivity contribution is -0.173. The lowest BCUT2D eigenvalue weighted by atomic mass is 9.98. The molecule has 2 aliphatic rings. The molecule has 1 saturated heterocycles. The number of nitrogens with one attached hydrogen (secondary N) is 2. The second-order valence-electron chi connectivity index (χ2n) is 8.18. The van der Waals surface area contributed by atoms with Gasteiger partial charge in [0.05, 0.1) is 0 Å². The van der Waals surface area contributed by atoms with Crippen LogP contribution in [0.3, 0.4) is 0 Å². The van der Waals surface area contributed by atoms with Gasteiger partial charge in [-0.2, -0.15) is 18.3 Å². The highest BCUT2D eigenvalue weighted by atomic mass is 19.4. The van der Waals surface area contributed by atoms with Crippen molar-refractivity contribution in [1.82, 2.24) is 20.0 Å². The summed E-state index contributed by atoms with van der Waals surface area (Å²) >= 11 is 0. The van der Waals surface area contributed by atoms with Gasteiger partial charge in [0.15, 0.2) is 11.7 Å². The molecule has 3 heterocycles. The molecular formula is C19H30F3N5O. The summed E-state index contributed by atoms with van der Waals surface area (Å²) in [4.78, 5) is 14.8. The predicted octanol–water partition coefficient (Wildman–Crippen LogP) is 3.43. The van der Waals surface area contributed by atoms with E-state index in [0.29, 0.717) is 13.0 Å². The third kappa shape index (κ3) is 4.61. The third-order valence-electron chi connectivity index (χ3n) is 5.99. The quantitative estimate of drug-likeness (QED) is 0.794. The van der Waals surface area contributed by atoms with Crippen LogP contribution in [0, 0.1) is 5.92 Å². The van der Waals surface area contributed by atoms with Crippen molar-refractivity contribution in [3.05, 3.63) is 11.8 Å². The molecule has 0 spiro atoms. The van der Waals surface area contributed by atoms with Crippen LogP contribution in [-0.4, -0.2) is 58.5 Å². The Bertz CT molecular complexity index is 682. The third-order valence-corrected chi connectivity index (χ3v) is 5.99. The highest BCUT2D eigenvalue weighted by Crippen LogP contribution is 2.39. The van der Waals surface area contributed by atoms with Crippen LogP contribution in [0.4, 0.5) is 19.0 Å². The van der Waals surface area contributed by atoms with Gasteiger partial charge in [0, 0.05) is 24.7 Å². The first kappa shape index (κ1) is 21.0. The van der Waals surface area contributed by atoms with E-state index >= 15 is 0 Å². The Hall–Kier alpha value is -1.77. The van der Waals surface area contributed by atoms with Crippen molar-refractivity contribution in [2.75, 3.05) is 25.0 Å². The maximum Gasteiger partial charge on any atom is 0.410 e. The van der Waals surface area contributed by atoms with E-state index in [0.717, 1.165) is 36.5 Å².